The Balaban J connectivity index is 1.20. The first-order valence-corrected chi connectivity index (χ1v) is 17.2. The number of aromatic nitrogens is 2. The molecule has 2 heteroatoms. The average Bonchev–Trinajstić information content (AvgIpc) is 3.71. The number of para-hydroxylation sites is 3. The van der Waals surface area contributed by atoms with Crippen molar-refractivity contribution < 1.29 is 0 Å². The monoisotopic (exact) mass is 636 g/mol. The Morgan fingerprint density at radius 1 is 0.260 bits per heavy atom. The Hall–Kier alpha value is -6.64. The number of fused-ring (bicyclic) bond motifs is 6. The summed E-state index contributed by atoms with van der Waals surface area (Å²) >= 11 is 0. The molecule has 0 saturated heterocycles. The van der Waals surface area contributed by atoms with Gasteiger partial charge in [0.25, 0.3) is 0 Å². The lowest BCUT2D eigenvalue weighted by Crippen LogP contribution is -1.96. The summed E-state index contributed by atoms with van der Waals surface area (Å²) in [5.74, 6) is 0. The smallest absolute Gasteiger partial charge is 0.0619 e. The molecule has 0 saturated carbocycles. The molecule has 0 aliphatic rings. The molecule has 0 unspecified atom stereocenters. The van der Waals surface area contributed by atoms with E-state index in [2.05, 4.69) is 203 Å². The normalized spacial score (nSPS) is 11.6. The fourth-order valence-corrected chi connectivity index (χ4v) is 7.85. The van der Waals surface area contributed by atoms with Crippen LogP contribution in [0.2, 0.25) is 0 Å². The third-order valence-corrected chi connectivity index (χ3v) is 10.1. The minimum atomic E-state index is 1.15. The van der Waals surface area contributed by atoms with Gasteiger partial charge in [0.15, 0.2) is 0 Å². The summed E-state index contributed by atoms with van der Waals surface area (Å²) in [5, 5.41) is 5.00. The summed E-state index contributed by atoms with van der Waals surface area (Å²) < 4.78 is 4.86. The van der Waals surface area contributed by atoms with Crippen LogP contribution >= 0.6 is 0 Å². The van der Waals surface area contributed by atoms with Crippen LogP contribution in [0.3, 0.4) is 0 Å². The molecule has 8 aromatic carbocycles. The number of hydrogen-bond donors (Lipinski definition) is 0. The van der Waals surface area contributed by atoms with Crippen LogP contribution in [0.5, 0.6) is 0 Å². The van der Waals surface area contributed by atoms with Gasteiger partial charge in [-0.25, -0.2) is 0 Å². The quantitative estimate of drug-likeness (QED) is 0.178. The second-order valence-electron chi connectivity index (χ2n) is 13.0. The molecular formula is C48H32N2. The molecule has 10 aromatic rings. The number of rotatable bonds is 5. The fraction of sp³-hybridized carbons (Fsp3) is 0. The SMILES string of the molecule is c1ccc(-c2cccc(-n3c4ccccc4c4cc(-c5cccc6c7ccccc7n(-c7cccc(-c8ccccc8)c7)c56)ccc43)c2)cc1. The van der Waals surface area contributed by atoms with E-state index in [0.29, 0.717) is 0 Å². The van der Waals surface area contributed by atoms with E-state index in [1.807, 2.05) is 0 Å². The van der Waals surface area contributed by atoms with Gasteiger partial charge in [0, 0.05) is 38.5 Å². The maximum absolute atomic E-state index is 2.45. The minimum absolute atomic E-state index is 1.15. The zero-order valence-corrected chi connectivity index (χ0v) is 27.4. The first kappa shape index (κ1) is 28.4. The van der Waals surface area contributed by atoms with Crippen LogP contribution in [0.15, 0.2) is 194 Å². The zero-order chi connectivity index (χ0) is 33.0. The predicted octanol–water partition coefficient (Wildman–Crippen LogP) is 12.9. The van der Waals surface area contributed by atoms with E-state index in [0.717, 1.165) is 11.4 Å². The van der Waals surface area contributed by atoms with Gasteiger partial charge in [-0.2, -0.15) is 0 Å². The lowest BCUT2D eigenvalue weighted by atomic mass is 9.99. The summed E-state index contributed by atoms with van der Waals surface area (Å²) in [6, 6.07) is 70.4. The van der Waals surface area contributed by atoms with Crippen molar-refractivity contribution in [3.05, 3.63) is 194 Å². The van der Waals surface area contributed by atoms with Crippen LogP contribution < -0.4 is 0 Å². The van der Waals surface area contributed by atoms with Crippen LogP contribution in [0.4, 0.5) is 0 Å². The van der Waals surface area contributed by atoms with Gasteiger partial charge in [-0.3, -0.25) is 0 Å². The summed E-state index contributed by atoms with van der Waals surface area (Å²) in [7, 11) is 0. The van der Waals surface area contributed by atoms with Crippen LogP contribution in [0.25, 0.3) is 88.4 Å². The molecule has 0 aliphatic carbocycles. The summed E-state index contributed by atoms with van der Waals surface area (Å²) in [6.07, 6.45) is 0. The van der Waals surface area contributed by atoms with E-state index >= 15 is 0 Å². The van der Waals surface area contributed by atoms with Gasteiger partial charge in [-0.1, -0.05) is 146 Å². The summed E-state index contributed by atoms with van der Waals surface area (Å²) in [6.45, 7) is 0. The van der Waals surface area contributed by atoms with E-state index in [4.69, 9.17) is 0 Å². The maximum atomic E-state index is 2.45. The summed E-state index contributed by atoms with van der Waals surface area (Å²) in [4.78, 5) is 0. The van der Waals surface area contributed by atoms with Crippen LogP contribution in [0, 0.1) is 0 Å². The number of hydrogen-bond acceptors (Lipinski definition) is 0. The lowest BCUT2D eigenvalue weighted by Gasteiger charge is -2.14. The lowest BCUT2D eigenvalue weighted by molar-refractivity contribution is 1.18. The molecule has 0 radical (unpaired) electrons. The highest BCUT2D eigenvalue weighted by molar-refractivity contribution is 6.15. The largest absolute Gasteiger partial charge is 0.309 e. The van der Waals surface area contributed by atoms with Crippen molar-refractivity contribution in [2.24, 2.45) is 0 Å². The Bertz CT molecular complexity index is 2860. The molecule has 0 spiro atoms. The molecule has 0 fully saturated rings. The second kappa shape index (κ2) is 11.5. The molecule has 0 amide bonds. The van der Waals surface area contributed by atoms with Crippen molar-refractivity contribution in [2.45, 2.75) is 0 Å². The molecule has 234 valence electrons. The highest BCUT2D eigenvalue weighted by Gasteiger charge is 2.19. The predicted molar refractivity (Wildman–Crippen MR) is 211 cm³/mol. The average molecular weight is 637 g/mol. The van der Waals surface area contributed by atoms with E-state index < -0.39 is 0 Å². The molecule has 50 heavy (non-hydrogen) atoms. The third-order valence-electron chi connectivity index (χ3n) is 10.1. The Kier molecular flexibility index (Phi) is 6.53. The van der Waals surface area contributed by atoms with Gasteiger partial charge in [0.05, 0.1) is 22.1 Å². The van der Waals surface area contributed by atoms with Gasteiger partial charge >= 0.3 is 0 Å². The van der Waals surface area contributed by atoms with Crippen molar-refractivity contribution in [1.82, 2.24) is 9.13 Å². The highest BCUT2D eigenvalue weighted by Crippen LogP contribution is 2.41. The van der Waals surface area contributed by atoms with Crippen molar-refractivity contribution in [3.63, 3.8) is 0 Å². The van der Waals surface area contributed by atoms with Crippen molar-refractivity contribution in [2.75, 3.05) is 0 Å². The van der Waals surface area contributed by atoms with E-state index in [1.165, 1.54) is 77.0 Å². The second-order valence-corrected chi connectivity index (χ2v) is 13.0. The van der Waals surface area contributed by atoms with Gasteiger partial charge in [0.2, 0.25) is 0 Å². The first-order chi connectivity index (χ1) is 24.8. The maximum Gasteiger partial charge on any atom is 0.0619 e. The van der Waals surface area contributed by atoms with Crippen LogP contribution in [-0.2, 0) is 0 Å². The van der Waals surface area contributed by atoms with Crippen LogP contribution in [0.1, 0.15) is 0 Å². The fourth-order valence-electron chi connectivity index (χ4n) is 7.85. The number of nitrogens with zero attached hydrogens (tertiary/aromatic N) is 2. The van der Waals surface area contributed by atoms with Crippen LogP contribution in [-0.4, -0.2) is 9.13 Å². The van der Waals surface area contributed by atoms with Crippen molar-refractivity contribution >= 4 is 43.6 Å². The molecular weight excluding hydrogens is 605 g/mol. The molecule has 0 bridgehead atoms. The van der Waals surface area contributed by atoms with Crippen molar-refractivity contribution in [3.8, 4) is 44.8 Å². The van der Waals surface area contributed by atoms with E-state index in [9.17, 15) is 0 Å². The van der Waals surface area contributed by atoms with E-state index in [-0.39, 0.29) is 0 Å². The van der Waals surface area contributed by atoms with E-state index in [1.54, 1.807) is 0 Å². The van der Waals surface area contributed by atoms with Gasteiger partial charge in [-0.05, 0) is 76.3 Å². The Morgan fingerprint density at radius 2 is 0.740 bits per heavy atom. The van der Waals surface area contributed by atoms with Crippen molar-refractivity contribution in [1.29, 1.82) is 0 Å². The Morgan fingerprint density at radius 3 is 1.40 bits per heavy atom. The topological polar surface area (TPSA) is 9.86 Å². The number of benzene rings is 8. The highest BCUT2D eigenvalue weighted by atomic mass is 15.0. The Labute approximate surface area is 290 Å². The molecule has 10 rings (SSSR count). The van der Waals surface area contributed by atoms with Gasteiger partial charge in [0.1, 0.15) is 0 Å². The molecule has 0 N–H and O–H groups in total. The summed E-state index contributed by atoms with van der Waals surface area (Å²) in [5.41, 5.74) is 14.4. The molecule has 2 nitrogen and oxygen atoms in total. The van der Waals surface area contributed by atoms with Gasteiger partial charge < -0.3 is 9.13 Å². The molecule has 0 aliphatic heterocycles. The molecule has 2 aromatic heterocycles. The minimum Gasteiger partial charge on any atom is -0.309 e. The first-order valence-electron chi connectivity index (χ1n) is 17.2. The van der Waals surface area contributed by atoms with Gasteiger partial charge in [-0.15, -0.1) is 0 Å². The standard InChI is InChI=1S/C48H32N2/c1-3-14-33(15-4-1)35-18-11-20-38(30-35)49-45-26-9-8-23-42(45)44-32-37(28-29-47(44)49)40-24-13-25-43-41-22-7-10-27-46(41)50(48(40)43)39-21-12-19-36(31-39)34-16-5-2-6-17-34/h1-32H. The zero-order valence-electron chi connectivity index (χ0n) is 27.4. The molecule has 0 atom stereocenters. The molecule has 2 heterocycles. The third kappa shape index (κ3) is 4.50.